The summed E-state index contributed by atoms with van der Waals surface area (Å²) in [6.07, 6.45) is 0.474. The number of hydrogen-bond acceptors (Lipinski definition) is 2. The molecule has 0 unspecified atom stereocenters. The molecule has 0 N–H and O–H groups in total. The summed E-state index contributed by atoms with van der Waals surface area (Å²) in [6, 6.07) is 9.82. The van der Waals surface area contributed by atoms with Gasteiger partial charge in [0.1, 0.15) is 0 Å². The quantitative estimate of drug-likeness (QED) is 0.623. The first-order chi connectivity index (χ1) is 7.69. The number of halogens is 1. The van der Waals surface area contributed by atoms with E-state index in [0.29, 0.717) is 12.0 Å². The molecule has 0 heterocycles. The van der Waals surface area contributed by atoms with Crippen molar-refractivity contribution in [2.24, 2.45) is 0 Å². The van der Waals surface area contributed by atoms with E-state index in [1.807, 2.05) is 30.3 Å². The summed E-state index contributed by atoms with van der Waals surface area (Å²) >= 11 is 3.30. The van der Waals surface area contributed by atoms with Crippen LogP contribution >= 0.6 is 15.9 Å². The fraction of sp³-hybridized carbons (Fsp3) is 0.154. The van der Waals surface area contributed by atoms with E-state index in [4.69, 9.17) is 0 Å². The summed E-state index contributed by atoms with van der Waals surface area (Å²) in [5, 5.41) is 0. The van der Waals surface area contributed by atoms with Crippen LogP contribution in [0.25, 0.3) is 5.57 Å². The predicted molar refractivity (Wildman–Crippen MR) is 69.1 cm³/mol. The van der Waals surface area contributed by atoms with Gasteiger partial charge >= 0.3 is 5.97 Å². The van der Waals surface area contributed by atoms with Crippen molar-refractivity contribution in [3.8, 4) is 0 Å². The molecule has 0 saturated carbocycles. The molecule has 0 radical (unpaired) electrons. The molecule has 0 aromatic heterocycles. The van der Waals surface area contributed by atoms with Crippen LogP contribution in [0.15, 0.2) is 47.5 Å². The lowest BCUT2D eigenvalue weighted by atomic mass is 10.0. The fourth-order valence-electron chi connectivity index (χ4n) is 1.30. The van der Waals surface area contributed by atoms with Gasteiger partial charge in [-0.25, -0.2) is 4.79 Å². The Morgan fingerprint density at radius 1 is 1.44 bits per heavy atom. The Labute approximate surface area is 104 Å². The van der Waals surface area contributed by atoms with E-state index in [9.17, 15) is 4.79 Å². The Bertz CT molecular complexity index is 407. The van der Waals surface area contributed by atoms with Crippen LogP contribution in [-0.2, 0) is 9.53 Å². The van der Waals surface area contributed by atoms with Crippen LogP contribution in [0.2, 0.25) is 0 Å². The van der Waals surface area contributed by atoms with Crippen LogP contribution in [0.4, 0.5) is 0 Å². The van der Waals surface area contributed by atoms with E-state index < -0.39 is 0 Å². The molecule has 0 aliphatic carbocycles. The third kappa shape index (κ3) is 3.35. The van der Waals surface area contributed by atoms with Crippen molar-refractivity contribution in [3.05, 3.63) is 53.0 Å². The Morgan fingerprint density at radius 2 is 2.06 bits per heavy atom. The van der Waals surface area contributed by atoms with Crippen molar-refractivity contribution in [3.63, 3.8) is 0 Å². The third-order valence-corrected chi connectivity index (χ3v) is 2.71. The number of carbonyl (C=O) groups excluding carboxylic acids is 1. The molecule has 0 aliphatic rings. The zero-order valence-corrected chi connectivity index (χ0v) is 10.7. The van der Waals surface area contributed by atoms with Crippen molar-refractivity contribution in [1.82, 2.24) is 0 Å². The van der Waals surface area contributed by atoms with E-state index in [1.165, 1.54) is 7.11 Å². The van der Waals surface area contributed by atoms with Crippen LogP contribution in [0.5, 0.6) is 0 Å². The number of carbonyl (C=O) groups is 1. The molecule has 0 saturated heterocycles. The van der Waals surface area contributed by atoms with Gasteiger partial charge in [-0.2, -0.15) is 0 Å². The van der Waals surface area contributed by atoms with Gasteiger partial charge in [-0.15, -0.1) is 0 Å². The first kappa shape index (κ1) is 12.7. The van der Waals surface area contributed by atoms with Gasteiger partial charge < -0.3 is 4.74 Å². The van der Waals surface area contributed by atoms with Crippen LogP contribution in [0, 0.1) is 0 Å². The van der Waals surface area contributed by atoms with Gasteiger partial charge in [0.05, 0.1) is 7.11 Å². The summed E-state index contributed by atoms with van der Waals surface area (Å²) in [4.78, 5) is 13.0. The van der Waals surface area contributed by atoms with E-state index >= 15 is 0 Å². The van der Waals surface area contributed by atoms with Crippen molar-refractivity contribution in [2.45, 2.75) is 6.42 Å². The molecular weight excluding hydrogens is 268 g/mol. The predicted octanol–water partition coefficient (Wildman–Crippen LogP) is 3.54. The molecule has 84 valence electrons. The first-order valence-corrected chi connectivity index (χ1v) is 5.71. The summed E-state index contributed by atoms with van der Waals surface area (Å²) in [6.45, 7) is 3.70. The molecule has 0 amide bonds. The van der Waals surface area contributed by atoms with Gasteiger partial charge in [0.2, 0.25) is 0 Å². The van der Waals surface area contributed by atoms with Crippen LogP contribution in [0.1, 0.15) is 12.0 Å². The lowest BCUT2D eigenvalue weighted by Gasteiger charge is -2.07. The van der Waals surface area contributed by atoms with Crippen molar-refractivity contribution >= 4 is 27.5 Å². The Kier molecular flexibility index (Phi) is 4.99. The maximum Gasteiger partial charge on any atom is 0.333 e. The molecule has 1 aromatic carbocycles. The van der Waals surface area contributed by atoms with Gasteiger partial charge in [-0.05, 0) is 16.1 Å². The second kappa shape index (κ2) is 6.28. The lowest BCUT2D eigenvalue weighted by molar-refractivity contribution is -0.136. The first-order valence-electron chi connectivity index (χ1n) is 4.79. The second-order valence-corrected chi connectivity index (χ2v) is 3.73. The molecular formula is C13H13BrO2. The average molecular weight is 281 g/mol. The van der Waals surface area contributed by atoms with Gasteiger partial charge in [-0.3, -0.25) is 0 Å². The average Bonchev–Trinajstić information content (AvgIpc) is 2.35. The number of methoxy groups -OCH3 is 1. The molecule has 1 rings (SSSR count). The van der Waals surface area contributed by atoms with Crippen molar-refractivity contribution < 1.29 is 9.53 Å². The van der Waals surface area contributed by atoms with Crippen LogP contribution < -0.4 is 0 Å². The molecule has 0 fully saturated rings. The molecule has 0 aliphatic heterocycles. The minimum Gasteiger partial charge on any atom is -0.466 e. The number of hydrogen-bond donors (Lipinski definition) is 0. The highest BCUT2D eigenvalue weighted by molar-refractivity contribution is 9.11. The minimum atomic E-state index is -0.372. The molecule has 0 bridgehead atoms. The van der Waals surface area contributed by atoms with Crippen molar-refractivity contribution in [2.75, 3.05) is 7.11 Å². The maximum atomic E-state index is 11.2. The molecule has 16 heavy (non-hydrogen) atoms. The number of ether oxygens (including phenoxy) is 1. The molecule has 0 atom stereocenters. The molecule has 0 spiro atoms. The second-order valence-electron chi connectivity index (χ2n) is 3.27. The third-order valence-electron chi connectivity index (χ3n) is 2.15. The minimum absolute atomic E-state index is 0.372. The van der Waals surface area contributed by atoms with E-state index in [1.54, 1.807) is 4.99 Å². The van der Waals surface area contributed by atoms with Gasteiger partial charge in [-0.1, -0.05) is 52.8 Å². The number of esters is 1. The zero-order chi connectivity index (χ0) is 12.0. The Balaban J connectivity index is 2.79. The number of rotatable bonds is 4. The van der Waals surface area contributed by atoms with E-state index in [2.05, 4.69) is 27.2 Å². The highest BCUT2D eigenvalue weighted by atomic mass is 79.9. The van der Waals surface area contributed by atoms with Crippen LogP contribution in [0.3, 0.4) is 0 Å². The van der Waals surface area contributed by atoms with Gasteiger partial charge in [0.25, 0.3) is 0 Å². The fourth-order valence-corrected chi connectivity index (χ4v) is 1.73. The lowest BCUT2D eigenvalue weighted by Crippen LogP contribution is -2.04. The molecule has 3 heteroatoms. The standard InChI is InChI=1S/C13H13BrO2/c1-10(13(15)16-2)8-12(9-14)11-6-4-3-5-7-11/h3-7,9H,1,8H2,2H3/b12-9+. The highest BCUT2D eigenvalue weighted by Crippen LogP contribution is 2.23. The number of benzene rings is 1. The van der Waals surface area contributed by atoms with Crippen molar-refractivity contribution in [1.29, 1.82) is 0 Å². The Morgan fingerprint density at radius 3 is 2.56 bits per heavy atom. The normalized spacial score (nSPS) is 11.0. The van der Waals surface area contributed by atoms with Gasteiger partial charge in [0, 0.05) is 12.0 Å². The molecule has 2 nitrogen and oxygen atoms in total. The van der Waals surface area contributed by atoms with E-state index in [-0.39, 0.29) is 5.97 Å². The summed E-state index contributed by atoms with van der Waals surface area (Å²) < 4.78 is 4.61. The monoisotopic (exact) mass is 280 g/mol. The number of allylic oxidation sites excluding steroid dienone is 1. The van der Waals surface area contributed by atoms with E-state index in [0.717, 1.165) is 11.1 Å². The maximum absolute atomic E-state index is 11.2. The topological polar surface area (TPSA) is 26.3 Å². The largest absolute Gasteiger partial charge is 0.466 e. The highest BCUT2D eigenvalue weighted by Gasteiger charge is 2.10. The van der Waals surface area contributed by atoms with Crippen LogP contribution in [-0.4, -0.2) is 13.1 Å². The van der Waals surface area contributed by atoms with Gasteiger partial charge in [0.15, 0.2) is 0 Å². The summed E-state index contributed by atoms with van der Waals surface area (Å²) in [7, 11) is 1.35. The zero-order valence-electron chi connectivity index (χ0n) is 9.07. The SMILES string of the molecule is C=C(C/C(=C\Br)c1ccccc1)C(=O)OC. The summed E-state index contributed by atoms with van der Waals surface area (Å²) in [5.74, 6) is -0.372. The smallest absolute Gasteiger partial charge is 0.333 e. The molecule has 1 aromatic rings. The Hall–Kier alpha value is -1.35. The summed E-state index contributed by atoms with van der Waals surface area (Å²) in [5.41, 5.74) is 2.50.